The summed E-state index contributed by atoms with van der Waals surface area (Å²) in [6.45, 7) is 4.24. The maximum Gasteiger partial charge on any atom is 0.258 e. The van der Waals surface area contributed by atoms with E-state index in [1.54, 1.807) is 24.3 Å². The van der Waals surface area contributed by atoms with E-state index < -0.39 is 11.7 Å². The van der Waals surface area contributed by atoms with E-state index >= 15 is 0 Å². The van der Waals surface area contributed by atoms with Crippen molar-refractivity contribution in [2.75, 3.05) is 23.3 Å². The fourth-order valence-electron chi connectivity index (χ4n) is 2.93. The molecule has 1 fully saturated rings. The minimum absolute atomic E-state index is 0.0164. The summed E-state index contributed by atoms with van der Waals surface area (Å²) in [7, 11) is 0. The van der Waals surface area contributed by atoms with Crippen LogP contribution in [-0.4, -0.2) is 19.0 Å². The Balaban J connectivity index is 1.73. The highest BCUT2D eigenvalue weighted by atomic mass is 35.5. The van der Waals surface area contributed by atoms with E-state index in [2.05, 4.69) is 17.1 Å². The first-order chi connectivity index (χ1) is 11.5. The molecule has 3 rings (SSSR count). The van der Waals surface area contributed by atoms with Crippen molar-refractivity contribution < 1.29 is 9.18 Å². The van der Waals surface area contributed by atoms with Crippen molar-refractivity contribution in [3.8, 4) is 0 Å². The molecule has 0 atom stereocenters. The van der Waals surface area contributed by atoms with Gasteiger partial charge in [0, 0.05) is 18.8 Å². The molecule has 1 aliphatic heterocycles. The zero-order valence-corrected chi connectivity index (χ0v) is 14.3. The Morgan fingerprint density at radius 2 is 1.92 bits per heavy atom. The van der Waals surface area contributed by atoms with Gasteiger partial charge in [0.05, 0.1) is 16.3 Å². The number of piperidine rings is 1. The molecule has 1 aliphatic rings. The number of anilines is 2. The number of amides is 1. The summed E-state index contributed by atoms with van der Waals surface area (Å²) < 4.78 is 13.7. The van der Waals surface area contributed by atoms with Gasteiger partial charge in [-0.15, -0.1) is 0 Å². The second-order valence-corrected chi connectivity index (χ2v) is 6.68. The molecule has 3 nitrogen and oxygen atoms in total. The predicted octanol–water partition coefficient (Wildman–Crippen LogP) is 4.97. The monoisotopic (exact) mass is 346 g/mol. The van der Waals surface area contributed by atoms with Crippen LogP contribution in [-0.2, 0) is 0 Å². The third kappa shape index (κ3) is 3.70. The molecule has 0 unspecified atom stereocenters. The van der Waals surface area contributed by atoms with Gasteiger partial charge in [-0.25, -0.2) is 4.39 Å². The minimum Gasteiger partial charge on any atom is -0.370 e. The van der Waals surface area contributed by atoms with Gasteiger partial charge in [-0.3, -0.25) is 4.79 Å². The molecule has 24 heavy (non-hydrogen) atoms. The Labute approximate surface area is 146 Å². The van der Waals surface area contributed by atoms with Gasteiger partial charge < -0.3 is 10.2 Å². The van der Waals surface area contributed by atoms with E-state index in [-0.39, 0.29) is 5.56 Å². The van der Waals surface area contributed by atoms with E-state index in [1.807, 2.05) is 6.07 Å². The van der Waals surface area contributed by atoms with Crippen molar-refractivity contribution in [3.63, 3.8) is 0 Å². The number of hydrogen-bond acceptors (Lipinski definition) is 2. The molecule has 1 N–H and O–H groups in total. The molecule has 2 aromatic rings. The Hall–Kier alpha value is -2.07. The van der Waals surface area contributed by atoms with Gasteiger partial charge in [0.15, 0.2) is 0 Å². The van der Waals surface area contributed by atoms with Crippen LogP contribution in [0.5, 0.6) is 0 Å². The third-order valence-corrected chi connectivity index (χ3v) is 4.75. The largest absolute Gasteiger partial charge is 0.370 e. The van der Waals surface area contributed by atoms with E-state index in [0.717, 1.165) is 37.5 Å². The molecule has 0 aromatic heterocycles. The van der Waals surface area contributed by atoms with Crippen molar-refractivity contribution in [2.24, 2.45) is 5.92 Å². The lowest BCUT2D eigenvalue weighted by Gasteiger charge is -2.32. The highest BCUT2D eigenvalue weighted by Gasteiger charge is 2.18. The first-order valence-electron chi connectivity index (χ1n) is 8.15. The molecule has 0 radical (unpaired) electrons. The molecule has 5 heteroatoms. The number of nitrogens with zero attached hydrogens (tertiary/aromatic N) is 1. The minimum atomic E-state index is -0.542. The van der Waals surface area contributed by atoms with E-state index in [0.29, 0.717) is 10.7 Å². The van der Waals surface area contributed by atoms with Crippen molar-refractivity contribution in [3.05, 3.63) is 58.9 Å². The molecule has 1 saturated heterocycles. The summed E-state index contributed by atoms with van der Waals surface area (Å²) in [5.74, 6) is -0.275. The molecule has 0 aliphatic carbocycles. The summed E-state index contributed by atoms with van der Waals surface area (Å²) in [6, 6.07) is 11.3. The second-order valence-electron chi connectivity index (χ2n) is 6.27. The van der Waals surface area contributed by atoms with Gasteiger partial charge in [-0.05, 0) is 49.1 Å². The highest BCUT2D eigenvalue weighted by molar-refractivity contribution is 6.33. The van der Waals surface area contributed by atoms with Gasteiger partial charge in [-0.2, -0.15) is 0 Å². The van der Waals surface area contributed by atoms with E-state index in [9.17, 15) is 9.18 Å². The van der Waals surface area contributed by atoms with Crippen molar-refractivity contribution in [1.82, 2.24) is 0 Å². The SMILES string of the molecule is CC1CCN(c2ccc(NC(=O)c3ccccc3F)cc2Cl)CC1. The fourth-order valence-corrected chi connectivity index (χ4v) is 3.23. The lowest BCUT2D eigenvalue weighted by atomic mass is 9.99. The van der Waals surface area contributed by atoms with Crippen molar-refractivity contribution in [1.29, 1.82) is 0 Å². The normalized spacial score (nSPS) is 15.4. The Morgan fingerprint density at radius 1 is 1.21 bits per heavy atom. The van der Waals surface area contributed by atoms with Crippen molar-refractivity contribution in [2.45, 2.75) is 19.8 Å². The number of halogens is 2. The average molecular weight is 347 g/mol. The number of hydrogen-bond donors (Lipinski definition) is 1. The van der Waals surface area contributed by atoms with Crippen LogP contribution in [0.1, 0.15) is 30.1 Å². The van der Waals surface area contributed by atoms with Crippen LogP contribution in [0.25, 0.3) is 0 Å². The first kappa shape index (κ1) is 16.8. The third-order valence-electron chi connectivity index (χ3n) is 4.45. The van der Waals surface area contributed by atoms with Gasteiger partial charge in [0.2, 0.25) is 0 Å². The summed E-state index contributed by atoms with van der Waals surface area (Å²) in [4.78, 5) is 14.4. The lowest BCUT2D eigenvalue weighted by molar-refractivity contribution is 0.102. The molecular formula is C19H20ClFN2O. The number of rotatable bonds is 3. The number of carbonyl (C=O) groups is 1. The average Bonchev–Trinajstić information content (AvgIpc) is 2.56. The maximum absolute atomic E-state index is 13.7. The Morgan fingerprint density at radius 3 is 2.58 bits per heavy atom. The second kappa shape index (κ2) is 7.22. The van der Waals surface area contributed by atoms with Crippen LogP contribution in [0.3, 0.4) is 0 Å². The maximum atomic E-state index is 13.7. The zero-order valence-electron chi connectivity index (χ0n) is 13.6. The molecule has 0 saturated carbocycles. The molecule has 1 amide bonds. The summed E-state index contributed by atoms with van der Waals surface area (Å²) in [6.07, 6.45) is 2.31. The Bertz CT molecular complexity index is 742. The Kier molecular flexibility index (Phi) is 5.05. The molecule has 0 bridgehead atoms. The van der Waals surface area contributed by atoms with Gasteiger partial charge in [0.25, 0.3) is 5.91 Å². The van der Waals surface area contributed by atoms with Crippen LogP contribution in [0.2, 0.25) is 5.02 Å². The molecule has 2 aromatic carbocycles. The van der Waals surface area contributed by atoms with Crippen LogP contribution in [0, 0.1) is 11.7 Å². The molecule has 126 valence electrons. The number of carbonyl (C=O) groups excluding carboxylic acids is 1. The topological polar surface area (TPSA) is 32.3 Å². The van der Waals surface area contributed by atoms with Crippen LogP contribution in [0.15, 0.2) is 42.5 Å². The predicted molar refractivity (Wildman–Crippen MR) is 96.4 cm³/mol. The summed E-state index contributed by atoms with van der Waals surface area (Å²) in [5.41, 5.74) is 1.55. The molecule has 1 heterocycles. The van der Waals surface area contributed by atoms with Gasteiger partial charge in [0.1, 0.15) is 5.82 Å². The highest BCUT2D eigenvalue weighted by Crippen LogP contribution is 2.32. The van der Waals surface area contributed by atoms with Gasteiger partial charge in [-0.1, -0.05) is 30.7 Å². The van der Waals surface area contributed by atoms with Crippen molar-refractivity contribution >= 4 is 28.9 Å². The van der Waals surface area contributed by atoms with E-state index in [1.165, 1.54) is 12.1 Å². The van der Waals surface area contributed by atoms with Crippen LogP contribution < -0.4 is 10.2 Å². The first-order valence-corrected chi connectivity index (χ1v) is 8.53. The van der Waals surface area contributed by atoms with Crippen LogP contribution >= 0.6 is 11.6 Å². The summed E-state index contributed by atoms with van der Waals surface area (Å²) in [5, 5.41) is 3.29. The summed E-state index contributed by atoms with van der Waals surface area (Å²) >= 11 is 6.39. The molecule has 0 spiro atoms. The molecular weight excluding hydrogens is 327 g/mol. The number of nitrogens with one attached hydrogen (secondary N) is 1. The zero-order chi connectivity index (χ0) is 17.1. The van der Waals surface area contributed by atoms with E-state index in [4.69, 9.17) is 11.6 Å². The van der Waals surface area contributed by atoms with Crippen LogP contribution in [0.4, 0.5) is 15.8 Å². The number of benzene rings is 2. The standard InChI is InChI=1S/C19H20ClFN2O/c1-13-8-10-23(11-9-13)18-7-6-14(12-16(18)20)22-19(24)15-4-2-3-5-17(15)21/h2-7,12-13H,8-11H2,1H3,(H,22,24). The van der Waals surface area contributed by atoms with Gasteiger partial charge >= 0.3 is 0 Å². The lowest BCUT2D eigenvalue weighted by Crippen LogP contribution is -2.32. The fraction of sp³-hybridized carbons (Fsp3) is 0.316. The quantitative estimate of drug-likeness (QED) is 0.851. The smallest absolute Gasteiger partial charge is 0.258 e.